The van der Waals surface area contributed by atoms with E-state index in [2.05, 4.69) is 10.1 Å². The summed E-state index contributed by atoms with van der Waals surface area (Å²) in [5.74, 6) is 0.133. The molecule has 1 aliphatic rings. The number of methoxy groups -OCH3 is 1. The first-order valence-electron chi connectivity index (χ1n) is 8.71. The van der Waals surface area contributed by atoms with Crippen molar-refractivity contribution in [1.29, 1.82) is 0 Å². The Morgan fingerprint density at radius 2 is 2.00 bits per heavy atom. The molecular formula is C20H20FN3O2. The summed E-state index contributed by atoms with van der Waals surface area (Å²) in [5.41, 5.74) is 3.57. The van der Waals surface area contributed by atoms with Gasteiger partial charge < -0.3 is 9.47 Å². The zero-order valence-electron chi connectivity index (χ0n) is 14.6. The molecule has 0 amide bonds. The van der Waals surface area contributed by atoms with Crippen LogP contribution < -0.4 is 4.74 Å². The molecule has 26 heavy (non-hydrogen) atoms. The highest BCUT2D eigenvalue weighted by Gasteiger charge is 2.25. The molecular weight excluding hydrogens is 333 g/mol. The van der Waals surface area contributed by atoms with Gasteiger partial charge in [-0.25, -0.2) is 9.07 Å². The van der Waals surface area contributed by atoms with Gasteiger partial charge >= 0.3 is 0 Å². The largest absolute Gasteiger partial charge is 0.496 e. The monoisotopic (exact) mass is 353 g/mol. The standard InChI is InChI=1S/C20H20FN3O2/c1-25-18-12-15(21)5-6-16(18)20-17(14-7-9-22-10-8-14)13-23-24(20)19-4-2-3-11-26-19/h5-10,12-13,19H,2-4,11H2,1H3. The third kappa shape index (κ3) is 3.08. The van der Waals surface area contributed by atoms with Gasteiger partial charge in [0.25, 0.3) is 0 Å². The minimum Gasteiger partial charge on any atom is -0.496 e. The number of hydrogen-bond donors (Lipinski definition) is 0. The molecule has 0 N–H and O–H groups in total. The lowest BCUT2D eigenvalue weighted by atomic mass is 10.0. The molecule has 1 saturated heterocycles. The van der Waals surface area contributed by atoms with Crippen molar-refractivity contribution in [3.05, 3.63) is 54.7 Å². The third-order valence-corrected chi connectivity index (χ3v) is 4.63. The van der Waals surface area contributed by atoms with Gasteiger partial charge in [0.2, 0.25) is 0 Å². The molecule has 1 fully saturated rings. The SMILES string of the molecule is COc1cc(F)ccc1-c1c(-c2ccncc2)cnn1C1CCCCO1. The highest BCUT2D eigenvalue weighted by Crippen LogP contribution is 2.40. The molecule has 1 aliphatic heterocycles. The molecule has 0 bridgehead atoms. The molecule has 3 heterocycles. The Balaban J connectivity index is 1.91. The van der Waals surface area contributed by atoms with Crippen molar-refractivity contribution in [3.63, 3.8) is 0 Å². The molecule has 1 atom stereocenters. The summed E-state index contributed by atoms with van der Waals surface area (Å²) < 4.78 is 27.0. The number of pyridine rings is 1. The van der Waals surface area contributed by atoms with Crippen LogP contribution in [0.1, 0.15) is 25.5 Å². The van der Waals surface area contributed by atoms with Gasteiger partial charge in [0.15, 0.2) is 6.23 Å². The zero-order chi connectivity index (χ0) is 17.9. The van der Waals surface area contributed by atoms with Crippen LogP contribution >= 0.6 is 0 Å². The molecule has 4 rings (SSSR count). The Kier molecular flexibility index (Phi) is 4.67. The molecule has 0 saturated carbocycles. The average Bonchev–Trinajstić information content (AvgIpc) is 3.14. The number of hydrogen-bond acceptors (Lipinski definition) is 4. The predicted octanol–water partition coefficient (Wildman–Crippen LogP) is 4.46. The maximum Gasteiger partial charge on any atom is 0.150 e. The number of aromatic nitrogens is 3. The Hall–Kier alpha value is -2.73. The van der Waals surface area contributed by atoms with Crippen LogP contribution in [0.4, 0.5) is 4.39 Å². The topological polar surface area (TPSA) is 49.2 Å². The van der Waals surface area contributed by atoms with Crippen LogP contribution in [0.3, 0.4) is 0 Å². The summed E-state index contributed by atoms with van der Waals surface area (Å²) >= 11 is 0. The summed E-state index contributed by atoms with van der Waals surface area (Å²) in [7, 11) is 1.54. The first-order valence-corrected chi connectivity index (χ1v) is 8.71. The molecule has 3 aromatic rings. The summed E-state index contributed by atoms with van der Waals surface area (Å²) in [6, 6.07) is 8.43. The number of halogens is 1. The van der Waals surface area contributed by atoms with E-state index >= 15 is 0 Å². The highest BCUT2D eigenvalue weighted by molar-refractivity contribution is 5.83. The maximum absolute atomic E-state index is 13.7. The van der Waals surface area contributed by atoms with Crippen LogP contribution in [-0.4, -0.2) is 28.5 Å². The smallest absolute Gasteiger partial charge is 0.150 e. The van der Waals surface area contributed by atoms with E-state index in [0.717, 1.165) is 48.3 Å². The van der Waals surface area contributed by atoms with E-state index < -0.39 is 0 Å². The Bertz CT molecular complexity index is 889. The second kappa shape index (κ2) is 7.25. The molecule has 134 valence electrons. The van der Waals surface area contributed by atoms with Gasteiger partial charge in [0.05, 0.1) is 19.0 Å². The van der Waals surface area contributed by atoms with Gasteiger partial charge in [-0.05, 0) is 49.1 Å². The van der Waals surface area contributed by atoms with Crippen LogP contribution in [0.2, 0.25) is 0 Å². The average molecular weight is 353 g/mol. The normalized spacial score (nSPS) is 17.2. The van der Waals surface area contributed by atoms with Crippen molar-refractivity contribution in [2.24, 2.45) is 0 Å². The van der Waals surface area contributed by atoms with Gasteiger partial charge in [-0.15, -0.1) is 0 Å². The second-order valence-corrected chi connectivity index (χ2v) is 6.25. The third-order valence-electron chi connectivity index (χ3n) is 4.63. The first-order chi connectivity index (χ1) is 12.8. The fourth-order valence-corrected chi connectivity index (χ4v) is 3.37. The number of nitrogens with zero attached hydrogens (tertiary/aromatic N) is 3. The molecule has 5 nitrogen and oxygen atoms in total. The van der Waals surface area contributed by atoms with Crippen LogP contribution in [0.25, 0.3) is 22.4 Å². The molecule has 1 aromatic carbocycles. The van der Waals surface area contributed by atoms with E-state index in [0.29, 0.717) is 5.75 Å². The molecule has 0 radical (unpaired) electrons. The molecule has 0 spiro atoms. The van der Waals surface area contributed by atoms with Gasteiger partial charge in [0, 0.05) is 36.2 Å². The lowest BCUT2D eigenvalue weighted by Crippen LogP contribution is -2.20. The van der Waals surface area contributed by atoms with Gasteiger partial charge in [0.1, 0.15) is 11.6 Å². The summed E-state index contributed by atoms with van der Waals surface area (Å²) in [4.78, 5) is 4.09. The highest BCUT2D eigenvalue weighted by atomic mass is 19.1. The van der Waals surface area contributed by atoms with Crippen molar-refractivity contribution in [3.8, 4) is 28.1 Å². The molecule has 0 aliphatic carbocycles. The van der Waals surface area contributed by atoms with E-state index in [4.69, 9.17) is 9.47 Å². The second-order valence-electron chi connectivity index (χ2n) is 6.25. The molecule has 1 unspecified atom stereocenters. The van der Waals surface area contributed by atoms with Gasteiger partial charge in [-0.2, -0.15) is 5.10 Å². The fourth-order valence-electron chi connectivity index (χ4n) is 3.37. The van der Waals surface area contributed by atoms with Crippen LogP contribution in [0.5, 0.6) is 5.75 Å². The van der Waals surface area contributed by atoms with Crippen molar-refractivity contribution >= 4 is 0 Å². The lowest BCUT2D eigenvalue weighted by molar-refractivity contribution is -0.0383. The van der Waals surface area contributed by atoms with Crippen molar-refractivity contribution in [2.45, 2.75) is 25.5 Å². The van der Waals surface area contributed by atoms with E-state index in [1.807, 2.05) is 23.0 Å². The number of benzene rings is 1. The van der Waals surface area contributed by atoms with Crippen LogP contribution in [-0.2, 0) is 4.74 Å². The van der Waals surface area contributed by atoms with Crippen LogP contribution in [0.15, 0.2) is 48.9 Å². The first kappa shape index (κ1) is 16.7. The van der Waals surface area contributed by atoms with E-state index in [9.17, 15) is 4.39 Å². The zero-order valence-corrected chi connectivity index (χ0v) is 14.6. The van der Waals surface area contributed by atoms with E-state index in [1.165, 1.54) is 12.1 Å². The summed E-state index contributed by atoms with van der Waals surface area (Å²) in [5, 5.41) is 4.61. The van der Waals surface area contributed by atoms with Crippen molar-refractivity contribution < 1.29 is 13.9 Å². The maximum atomic E-state index is 13.7. The summed E-state index contributed by atoms with van der Waals surface area (Å²) in [6.07, 6.45) is 8.23. The van der Waals surface area contributed by atoms with E-state index in [-0.39, 0.29) is 12.0 Å². The Labute approximate surface area is 151 Å². The van der Waals surface area contributed by atoms with Crippen LogP contribution in [0, 0.1) is 5.82 Å². The minimum absolute atomic E-state index is 0.135. The predicted molar refractivity (Wildman–Crippen MR) is 96.2 cm³/mol. The molecule has 6 heteroatoms. The minimum atomic E-state index is -0.337. The molecule has 2 aromatic heterocycles. The van der Waals surface area contributed by atoms with Crippen molar-refractivity contribution in [2.75, 3.05) is 13.7 Å². The summed E-state index contributed by atoms with van der Waals surface area (Å²) in [6.45, 7) is 0.717. The van der Waals surface area contributed by atoms with Gasteiger partial charge in [-0.3, -0.25) is 4.98 Å². The van der Waals surface area contributed by atoms with Crippen molar-refractivity contribution in [1.82, 2.24) is 14.8 Å². The number of ether oxygens (including phenoxy) is 2. The van der Waals surface area contributed by atoms with Gasteiger partial charge in [-0.1, -0.05) is 0 Å². The van der Waals surface area contributed by atoms with E-state index in [1.54, 1.807) is 25.6 Å². The number of rotatable bonds is 4. The lowest BCUT2D eigenvalue weighted by Gasteiger charge is -2.25. The fraction of sp³-hybridized carbons (Fsp3) is 0.300. The Morgan fingerprint density at radius 3 is 2.73 bits per heavy atom. The Morgan fingerprint density at radius 1 is 1.15 bits per heavy atom. The quantitative estimate of drug-likeness (QED) is 0.695.